The molecule has 8 nitrogen and oxygen atoms in total. The molecule has 152 valence electrons. The van der Waals surface area contributed by atoms with Crippen molar-refractivity contribution in [1.29, 1.82) is 0 Å². The fourth-order valence-corrected chi connectivity index (χ4v) is 5.44. The molecule has 0 aliphatic rings. The third-order valence-corrected chi connectivity index (χ3v) is 7.84. The summed E-state index contributed by atoms with van der Waals surface area (Å²) in [5.74, 6) is -0.0659. The highest BCUT2D eigenvalue weighted by Crippen LogP contribution is 2.30. The van der Waals surface area contributed by atoms with E-state index in [1.807, 2.05) is 0 Å². The molecule has 0 radical (unpaired) electrons. The average Bonchev–Trinajstić information content (AvgIpc) is 3.22. The number of carbonyl (C=O) groups is 1. The highest BCUT2D eigenvalue weighted by molar-refractivity contribution is 7.99. The Morgan fingerprint density at radius 3 is 2.83 bits per heavy atom. The standard InChI is InChI=1S/C17H15ClN4O4S3/c1-26-12-5-4-10(18)7-11(12)21-14(23)9-28-17-20-8-13(16(19)22-17)29(24,25)15-3-2-6-27-15/h2-8H,9H2,1H3,(H,21,23)(H2,19,20,22). The Balaban J connectivity index is 1.68. The van der Waals surface area contributed by atoms with E-state index in [1.54, 1.807) is 29.6 Å². The molecule has 0 unspecified atom stereocenters. The van der Waals surface area contributed by atoms with Crippen LogP contribution in [0.4, 0.5) is 11.5 Å². The first-order chi connectivity index (χ1) is 13.8. The number of benzene rings is 1. The Hall–Kier alpha value is -2.34. The second-order valence-corrected chi connectivity index (χ2v) is 9.99. The lowest BCUT2D eigenvalue weighted by molar-refractivity contribution is -0.113. The smallest absolute Gasteiger partial charge is 0.234 e. The van der Waals surface area contributed by atoms with E-state index in [1.165, 1.54) is 13.2 Å². The lowest BCUT2D eigenvalue weighted by Gasteiger charge is -2.10. The van der Waals surface area contributed by atoms with Gasteiger partial charge in [-0.05, 0) is 29.6 Å². The van der Waals surface area contributed by atoms with Crippen molar-refractivity contribution >= 4 is 61.9 Å². The van der Waals surface area contributed by atoms with E-state index < -0.39 is 9.84 Å². The number of ether oxygens (including phenoxy) is 1. The predicted molar refractivity (Wildman–Crippen MR) is 114 cm³/mol. The molecule has 0 spiro atoms. The van der Waals surface area contributed by atoms with E-state index in [2.05, 4.69) is 15.3 Å². The monoisotopic (exact) mass is 470 g/mol. The molecule has 2 aromatic heterocycles. The van der Waals surface area contributed by atoms with Crippen LogP contribution in [0.25, 0.3) is 0 Å². The van der Waals surface area contributed by atoms with Crippen LogP contribution in [0.5, 0.6) is 5.75 Å². The second-order valence-electron chi connectivity index (χ2n) is 5.52. The maximum absolute atomic E-state index is 12.5. The Bertz CT molecular complexity index is 1140. The van der Waals surface area contributed by atoms with Crippen molar-refractivity contribution in [2.75, 3.05) is 23.9 Å². The number of rotatable bonds is 7. The van der Waals surface area contributed by atoms with Gasteiger partial charge < -0.3 is 15.8 Å². The molecule has 0 fully saturated rings. The fourth-order valence-electron chi connectivity index (χ4n) is 2.26. The molecule has 29 heavy (non-hydrogen) atoms. The number of thioether (sulfide) groups is 1. The molecule has 2 heterocycles. The molecule has 0 bridgehead atoms. The molecule has 3 N–H and O–H groups in total. The Kier molecular flexibility index (Phi) is 6.63. The highest BCUT2D eigenvalue weighted by atomic mass is 35.5. The van der Waals surface area contributed by atoms with Gasteiger partial charge in [-0.3, -0.25) is 4.79 Å². The first-order valence-corrected chi connectivity index (χ1v) is 11.7. The number of aromatic nitrogens is 2. The number of carbonyl (C=O) groups excluding carboxylic acids is 1. The first kappa shape index (κ1) is 21.4. The van der Waals surface area contributed by atoms with Gasteiger partial charge in [0, 0.05) is 5.02 Å². The van der Waals surface area contributed by atoms with Crippen LogP contribution in [0.3, 0.4) is 0 Å². The summed E-state index contributed by atoms with van der Waals surface area (Å²) < 4.78 is 30.4. The third kappa shape index (κ3) is 4.99. The summed E-state index contributed by atoms with van der Waals surface area (Å²) in [4.78, 5) is 20.1. The van der Waals surface area contributed by atoms with Crippen LogP contribution in [0.2, 0.25) is 5.02 Å². The summed E-state index contributed by atoms with van der Waals surface area (Å²) in [6, 6.07) is 7.97. The molecule has 0 saturated carbocycles. The fraction of sp³-hybridized carbons (Fsp3) is 0.118. The maximum Gasteiger partial charge on any atom is 0.234 e. The summed E-state index contributed by atoms with van der Waals surface area (Å²) in [7, 11) is -2.29. The van der Waals surface area contributed by atoms with Crippen LogP contribution >= 0.6 is 34.7 Å². The summed E-state index contributed by atoms with van der Waals surface area (Å²) in [5, 5.41) is 4.98. The normalized spacial score (nSPS) is 11.2. The SMILES string of the molecule is COc1ccc(Cl)cc1NC(=O)CSc1ncc(S(=O)(=O)c2cccs2)c(N)n1. The minimum absolute atomic E-state index is 0.0217. The zero-order valence-electron chi connectivity index (χ0n) is 15.0. The van der Waals surface area contributed by atoms with Crippen molar-refractivity contribution in [2.24, 2.45) is 0 Å². The molecule has 3 rings (SSSR count). The number of hydrogen-bond acceptors (Lipinski definition) is 9. The van der Waals surface area contributed by atoms with Crippen LogP contribution in [0.1, 0.15) is 0 Å². The maximum atomic E-state index is 12.5. The average molecular weight is 471 g/mol. The number of nitrogens with two attached hydrogens (primary N) is 1. The van der Waals surface area contributed by atoms with Gasteiger partial charge >= 0.3 is 0 Å². The van der Waals surface area contributed by atoms with Gasteiger partial charge in [0.05, 0.1) is 24.7 Å². The molecule has 0 aliphatic heterocycles. The van der Waals surface area contributed by atoms with Gasteiger partial charge in [0.25, 0.3) is 0 Å². The molecule has 3 aromatic rings. The molecule has 0 saturated heterocycles. The summed E-state index contributed by atoms with van der Waals surface area (Å²) >= 11 is 8.04. The van der Waals surface area contributed by atoms with Gasteiger partial charge in [0.2, 0.25) is 15.7 Å². The van der Waals surface area contributed by atoms with Gasteiger partial charge in [-0.2, -0.15) is 0 Å². The van der Waals surface area contributed by atoms with E-state index in [4.69, 9.17) is 22.1 Å². The van der Waals surface area contributed by atoms with Gasteiger partial charge in [-0.15, -0.1) is 11.3 Å². The van der Waals surface area contributed by atoms with Gasteiger partial charge in [-0.1, -0.05) is 29.4 Å². The summed E-state index contributed by atoms with van der Waals surface area (Å²) in [6.07, 6.45) is 1.15. The number of sulfone groups is 1. The van der Waals surface area contributed by atoms with Crippen molar-refractivity contribution in [3.63, 3.8) is 0 Å². The predicted octanol–water partition coefficient (Wildman–Crippen LogP) is 3.35. The third-order valence-electron chi connectivity index (χ3n) is 3.58. The van der Waals surface area contributed by atoms with Crippen LogP contribution in [0, 0.1) is 0 Å². The Labute approximate surface area is 180 Å². The van der Waals surface area contributed by atoms with E-state index in [0.717, 1.165) is 29.3 Å². The van der Waals surface area contributed by atoms with Crippen molar-refractivity contribution in [3.05, 3.63) is 46.9 Å². The van der Waals surface area contributed by atoms with Gasteiger partial charge in [-0.25, -0.2) is 18.4 Å². The zero-order valence-corrected chi connectivity index (χ0v) is 18.2. The number of nitrogen functional groups attached to an aromatic ring is 1. The number of hydrogen-bond donors (Lipinski definition) is 2. The molecular weight excluding hydrogens is 456 g/mol. The lowest BCUT2D eigenvalue weighted by Crippen LogP contribution is -2.15. The van der Waals surface area contributed by atoms with Crippen LogP contribution in [-0.4, -0.2) is 37.2 Å². The van der Waals surface area contributed by atoms with Gasteiger partial charge in [0.1, 0.15) is 20.7 Å². The molecule has 12 heteroatoms. The molecule has 0 atom stereocenters. The summed E-state index contributed by atoms with van der Waals surface area (Å²) in [5.41, 5.74) is 6.26. The Morgan fingerprint density at radius 2 is 2.17 bits per heavy atom. The molecule has 0 aliphatic carbocycles. The molecule has 1 aromatic carbocycles. The number of nitrogens with one attached hydrogen (secondary N) is 1. The Morgan fingerprint density at radius 1 is 1.38 bits per heavy atom. The number of halogens is 1. The molecule has 1 amide bonds. The van der Waals surface area contributed by atoms with E-state index in [0.29, 0.717) is 16.5 Å². The number of amides is 1. The number of methoxy groups -OCH3 is 1. The van der Waals surface area contributed by atoms with Crippen molar-refractivity contribution in [2.45, 2.75) is 14.3 Å². The zero-order chi connectivity index (χ0) is 21.0. The van der Waals surface area contributed by atoms with E-state index in [9.17, 15) is 13.2 Å². The van der Waals surface area contributed by atoms with Crippen LogP contribution in [0.15, 0.2) is 56.2 Å². The number of thiophene rings is 1. The first-order valence-electron chi connectivity index (χ1n) is 7.98. The number of anilines is 2. The quantitative estimate of drug-likeness (QED) is 0.398. The van der Waals surface area contributed by atoms with Crippen LogP contribution in [-0.2, 0) is 14.6 Å². The topological polar surface area (TPSA) is 124 Å². The van der Waals surface area contributed by atoms with E-state index in [-0.39, 0.29) is 31.7 Å². The minimum atomic E-state index is -3.77. The highest BCUT2D eigenvalue weighted by Gasteiger charge is 2.23. The largest absolute Gasteiger partial charge is 0.495 e. The van der Waals surface area contributed by atoms with Crippen molar-refractivity contribution < 1.29 is 17.9 Å². The number of nitrogens with zero attached hydrogens (tertiary/aromatic N) is 2. The minimum Gasteiger partial charge on any atom is -0.495 e. The van der Waals surface area contributed by atoms with Gasteiger partial charge in [0.15, 0.2) is 5.16 Å². The van der Waals surface area contributed by atoms with Crippen molar-refractivity contribution in [1.82, 2.24) is 9.97 Å². The van der Waals surface area contributed by atoms with Crippen LogP contribution < -0.4 is 15.8 Å². The second kappa shape index (κ2) is 8.99. The van der Waals surface area contributed by atoms with Crippen molar-refractivity contribution in [3.8, 4) is 5.75 Å². The van der Waals surface area contributed by atoms with E-state index >= 15 is 0 Å². The summed E-state index contributed by atoms with van der Waals surface area (Å²) in [6.45, 7) is 0. The lowest BCUT2D eigenvalue weighted by atomic mass is 10.3. The molecular formula is C17H15ClN4O4S3.